The summed E-state index contributed by atoms with van der Waals surface area (Å²) in [6.07, 6.45) is 3.31. The topological polar surface area (TPSA) is 63.9 Å². The molecule has 5 rings (SSSR count). The molecule has 150 valence electrons. The molecular formula is C23H21N5OS. The van der Waals surface area contributed by atoms with E-state index in [0.717, 1.165) is 34.0 Å². The molecule has 6 nitrogen and oxygen atoms in total. The Hall–Kier alpha value is -3.19. The van der Waals surface area contributed by atoms with Crippen LogP contribution in [0.1, 0.15) is 24.0 Å². The molecular weight excluding hydrogens is 394 g/mol. The van der Waals surface area contributed by atoms with Gasteiger partial charge in [0.2, 0.25) is 5.91 Å². The van der Waals surface area contributed by atoms with Gasteiger partial charge in [-0.1, -0.05) is 54.6 Å². The minimum atomic E-state index is 0.0921. The molecule has 1 atom stereocenters. The van der Waals surface area contributed by atoms with E-state index >= 15 is 0 Å². The Kier molecular flexibility index (Phi) is 4.75. The highest BCUT2D eigenvalue weighted by molar-refractivity contribution is 8.00. The van der Waals surface area contributed by atoms with Gasteiger partial charge in [0.05, 0.1) is 23.0 Å². The molecule has 0 radical (unpaired) electrons. The Morgan fingerprint density at radius 1 is 1.13 bits per heavy atom. The van der Waals surface area contributed by atoms with Crippen LogP contribution in [-0.2, 0) is 4.79 Å². The fourth-order valence-electron chi connectivity index (χ4n) is 3.88. The Morgan fingerprint density at radius 2 is 1.93 bits per heavy atom. The zero-order valence-electron chi connectivity index (χ0n) is 16.8. The first-order valence-corrected chi connectivity index (χ1v) is 10.9. The number of nitrogens with zero attached hydrogens (tertiary/aromatic N) is 5. The SMILES string of the molecule is Cc1ccc(-n2ncc3c(SCC(=O)N4CC(C)c5ccccc54)ncnc32)cc1. The van der Waals surface area contributed by atoms with Crippen LogP contribution in [0.5, 0.6) is 0 Å². The molecule has 2 aromatic carbocycles. The minimum Gasteiger partial charge on any atom is -0.311 e. The van der Waals surface area contributed by atoms with E-state index in [9.17, 15) is 4.79 Å². The smallest absolute Gasteiger partial charge is 0.237 e. The van der Waals surface area contributed by atoms with Crippen molar-refractivity contribution < 1.29 is 4.79 Å². The average molecular weight is 416 g/mol. The summed E-state index contributed by atoms with van der Waals surface area (Å²) in [4.78, 5) is 23.7. The molecule has 30 heavy (non-hydrogen) atoms. The van der Waals surface area contributed by atoms with Gasteiger partial charge in [0.25, 0.3) is 0 Å². The van der Waals surface area contributed by atoms with E-state index in [1.54, 1.807) is 10.9 Å². The second kappa shape index (κ2) is 7.57. The molecule has 1 aliphatic rings. The number of benzene rings is 2. The van der Waals surface area contributed by atoms with Crippen molar-refractivity contribution in [2.75, 3.05) is 17.2 Å². The number of anilines is 1. The fraction of sp³-hybridized carbons (Fsp3) is 0.217. The summed E-state index contributed by atoms with van der Waals surface area (Å²) in [5.74, 6) is 0.770. The molecule has 1 aliphatic heterocycles. The predicted molar refractivity (Wildman–Crippen MR) is 119 cm³/mol. The van der Waals surface area contributed by atoms with Gasteiger partial charge in [-0.05, 0) is 30.7 Å². The van der Waals surface area contributed by atoms with Crippen LogP contribution in [0.2, 0.25) is 0 Å². The van der Waals surface area contributed by atoms with Crippen LogP contribution in [-0.4, -0.2) is 38.0 Å². The van der Waals surface area contributed by atoms with Crippen LogP contribution in [0.25, 0.3) is 16.7 Å². The maximum absolute atomic E-state index is 13.0. The summed E-state index contributed by atoms with van der Waals surface area (Å²) < 4.78 is 1.81. The second-order valence-corrected chi connectivity index (χ2v) is 8.52. The van der Waals surface area contributed by atoms with E-state index in [4.69, 9.17) is 0 Å². The number of aryl methyl sites for hydroxylation is 1. The van der Waals surface area contributed by atoms with Gasteiger partial charge in [-0.15, -0.1) is 0 Å². The highest BCUT2D eigenvalue weighted by Crippen LogP contribution is 2.36. The van der Waals surface area contributed by atoms with E-state index in [1.165, 1.54) is 29.2 Å². The van der Waals surface area contributed by atoms with Gasteiger partial charge in [0.15, 0.2) is 5.65 Å². The van der Waals surface area contributed by atoms with Gasteiger partial charge in [-0.3, -0.25) is 4.79 Å². The summed E-state index contributed by atoms with van der Waals surface area (Å²) in [6.45, 7) is 4.94. The molecule has 1 unspecified atom stereocenters. The minimum absolute atomic E-state index is 0.0921. The standard InChI is InChI=1S/C23H21N5OS/c1-15-7-9-17(10-8-15)28-22-19(11-26-28)23(25-14-24-22)30-13-21(29)27-12-16(2)18-5-3-4-6-20(18)27/h3-11,14,16H,12-13H2,1-2H3. The Balaban J connectivity index is 1.38. The summed E-state index contributed by atoms with van der Waals surface area (Å²) in [5.41, 5.74) is 5.14. The number of para-hydroxylation sites is 1. The number of hydrogen-bond acceptors (Lipinski definition) is 5. The third kappa shape index (κ3) is 3.25. The van der Waals surface area contributed by atoms with E-state index < -0.39 is 0 Å². The molecule has 0 saturated carbocycles. The lowest BCUT2D eigenvalue weighted by molar-refractivity contribution is -0.116. The highest BCUT2D eigenvalue weighted by Gasteiger charge is 2.29. The van der Waals surface area contributed by atoms with Gasteiger partial charge >= 0.3 is 0 Å². The lowest BCUT2D eigenvalue weighted by atomic mass is 10.0. The van der Waals surface area contributed by atoms with Crippen LogP contribution in [0, 0.1) is 6.92 Å². The molecule has 1 amide bonds. The summed E-state index contributed by atoms with van der Waals surface area (Å²) in [5, 5.41) is 6.13. The monoisotopic (exact) mass is 415 g/mol. The van der Waals surface area contributed by atoms with Crippen molar-refractivity contribution in [3.05, 3.63) is 72.2 Å². The normalized spacial score (nSPS) is 15.5. The van der Waals surface area contributed by atoms with Crippen molar-refractivity contribution in [2.45, 2.75) is 24.8 Å². The molecule has 7 heteroatoms. The Bertz CT molecular complexity index is 1230. The summed E-state index contributed by atoms with van der Waals surface area (Å²) in [6, 6.07) is 16.3. The third-order valence-corrected chi connectivity index (χ3v) is 6.45. The van der Waals surface area contributed by atoms with E-state index in [1.807, 2.05) is 47.4 Å². The molecule has 2 aromatic heterocycles. The molecule has 0 N–H and O–H groups in total. The first-order chi connectivity index (χ1) is 14.6. The summed E-state index contributed by atoms with van der Waals surface area (Å²) in [7, 11) is 0. The first kappa shape index (κ1) is 18.8. The van der Waals surface area contributed by atoms with Gasteiger partial charge in [-0.2, -0.15) is 5.10 Å². The average Bonchev–Trinajstić information content (AvgIpc) is 3.35. The molecule has 0 aliphatic carbocycles. The Labute approximate surface area is 179 Å². The van der Waals surface area contributed by atoms with Crippen LogP contribution in [0.15, 0.2) is 66.1 Å². The number of amides is 1. The van der Waals surface area contributed by atoms with Gasteiger partial charge < -0.3 is 4.90 Å². The fourth-order valence-corrected chi connectivity index (χ4v) is 4.71. The van der Waals surface area contributed by atoms with Gasteiger partial charge in [-0.25, -0.2) is 14.6 Å². The van der Waals surface area contributed by atoms with Gasteiger partial charge in [0.1, 0.15) is 11.4 Å². The largest absolute Gasteiger partial charge is 0.311 e. The molecule has 0 bridgehead atoms. The molecule has 3 heterocycles. The predicted octanol–water partition coefficient (Wildman–Crippen LogP) is 4.37. The highest BCUT2D eigenvalue weighted by atomic mass is 32.2. The van der Waals surface area contributed by atoms with Crippen molar-refractivity contribution in [1.29, 1.82) is 0 Å². The molecule has 0 saturated heterocycles. The molecule has 0 fully saturated rings. The quantitative estimate of drug-likeness (QED) is 0.366. The van der Waals surface area contributed by atoms with E-state index in [0.29, 0.717) is 11.7 Å². The van der Waals surface area contributed by atoms with Gasteiger partial charge in [0, 0.05) is 18.2 Å². The lowest BCUT2D eigenvalue weighted by Crippen LogP contribution is -2.31. The maximum atomic E-state index is 13.0. The molecule has 4 aromatic rings. The Morgan fingerprint density at radius 3 is 2.77 bits per heavy atom. The number of carbonyl (C=O) groups is 1. The van der Waals surface area contributed by atoms with Crippen LogP contribution in [0.4, 0.5) is 5.69 Å². The number of thioether (sulfide) groups is 1. The zero-order chi connectivity index (χ0) is 20.7. The van der Waals surface area contributed by atoms with Crippen LogP contribution < -0.4 is 4.90 Å². The molecule has 0 spiro atoms. The number of carbonyl (C=O) groups excluding carboxylic acids is 1. The first-order valence-electron chi connectivity index (χ1n) is 9.89. The number of fused-ring (bicyclic) bond motifs is 2. The van der Waals surface area contributed by atoms with Crippen molar-refractivity contribution >= 4 is 34.4 Å². The van der Waals surface area contributed by atoms with E-state index in [-0.39, 0.29) is 5.91 Å². The van der Waals surface area contributed by atoms with Crippen LogP contribution >= 0.6 is 11.8 Å². The number of hydrogen-bond donors (Lipinski definition) is 0. The van der Waals surface area contributed by atoms with Crippen molar-refractivity contribution in [3.63, 3.8) is 0 Å². The van der Waals surface area contributed by atoms with Crippen molar-refractivity contribution in [3.8, 4) is 5.69 Å². The van der Waals surface area contributed by atoms with E-state index in [2.05, 4.69) is 35.0 Å². The lowest BCUT2D eigenvalue weighted by Gasteiger charge is -2.17. The number of rotatable bonds is 4. The van der Waals surface area contributed by atoms with Crippen molar-refractivity contribution in [1.82, 2.24) is 19.7 Å². The maximum Gasteiger partial charge on any atom is 0.237 e. The third-order valence-electron chi connectivity index (χ3n) is 5.46. The van der Waals surface area contributed by atoms with Crippen molar-refractivity contribution in [2.24, 2.45) is 0 Å². The summed E-state index contributed by atoms with van der Waals surface area (Å²) >= 11 is 1.44. The van der Waals surface area contributed by atoms with Crippen LogP contribution in [0.3, 0.4) is 0 Å². The second-order valence-electron chi connectivity index (χ2n) is 7.56. The zero-order valence-corrected chi connectivity index (χ0v) is 17.6. The number of aromatic nitrogens is 4.